The van der Waals surface area contributed by atoms with Gasteiger partial charge >= 0.3 is 0 Å². The lowest BCUT2D eigenvalue weighted by molar-refractivity contribution is 0.0661. The predicted octanol–water partition coefficient (Wildman–Crippen LogP) is 2.38. The van der Waals surface area contributed by atoms with E-state index in [1.165, 1.54) is 12.1 Å². The fourth-order valence-corrected chi connectivity index (χ4v) is 3.23. The summed E-state index contributed by atoms with van der Waals surface area (Å²) in [7, 11) is 0. The van der Waals surface area contributed by atoms with Gasteiger partial charge in [0.05, 0.1) is 0 Å². The third-order valence-electron chi connectivity index (χ3n) is 4.37. The minimum atomic E-state index is -0.341. The molecule has 2 aliphatic heterocycles. The van der Waals surface area contributed by atoms with Gasteiger partial charge in [0, 0.05) is 24.7 Å². The van der Waals surface area contributed by atoms with Crippen molar-refractivity contribution in [2.45, 2.75) is 25.8 Å². The Hall–Kier alpha value is -1.13. The summed E-state index contributed by atoms with van der Waals surface area (Å²) in [6, 6.07) is 5.00. The molecule has 2 atom stereocenters. The van der Waals surface area contributed by atoms with Crippen molar-refractivity contribution in [2.24, 2.45) is 5.92 Å². The van der Waals surface area contributed by atoms with E-state index in [2.05, 4.69) is 5.32 Å². The van der Waals surface area contributed by atoms with Crippen LogP contribution >= 0.6 is 12.4 Å². The van der Waals surface area contributed by atoms with E-state index in [0.29, 0.717) is 17.5 Å². The third-order valence-corrected chi connectivity index (χ3v) is 4.37. The van der Waals surface area contributed by atoms with Crippen LogP contribution in [0, 0.1) is 18.7 Å². The van der Waals surface area contributed by atoms with Gasteiger partial charge in [-0.05, 0) is 49.9 Å². The van der Waals surface area contributed by atoms with Gasteiger partial charge < -0.3 is 10.2 Å². The molecule has 2 fully saturated rings. The zero-order chi connectivity index (χ0) is 13.4. The summed E-state index contributed by atoms with van der Waals surface area (Å²) in [6.07, 6.45) is 2.14. The molecule has 3 rings (SSSR count). The number of amides is 1. The number of nitrogens with one attached hydrogen (secondary N) is 1. The van der Waals surface area contributed by atoms with Crippen LogP contribution in [0.25, 0.3) is 0 Å². The van der Waals surface area contributed by atoms with E-state index in [4.69, 9.17) is 0 Å². The van der Waals surface area contributed by atoms with Gasteiger partial charge in [-0.1, -0.05) is 6.07 Å². The molecule has 0 saturated carbocycles. The van der Waals surface area contributed by atoms with Crippen LogP contribution < -0.4 is 5.32 Å². The van der Waals surface area contributed by atoms with Crippen LogP contribution in [0.1, 0.15) is 28.8 Å². The molecule has 0 bridgehead atoms. The van der Waals surface area contributed by atoms with Crippen LogP contribution in [0.5, 0.6) is 0 Å². The molecular formula is C15H20ClFN2O. The van der Waals surface area contributed by atoms with Crippen LogP contribution in [-0.2, 0) is 0 Å². The van der Waals surface area contributed by atoms with E-state index in [-0.39, 0.29) is 24.1 Å². The summed E-state index contributed by atoms with van der Waals surface area (Å²) in [4.78, 5) is 14.4. The molecule has 0 aromatic heterocycles. The van der Waals surface area contributed by atoms with Gasteiger partial charge in [0.2, 0.25) is 0 Å². The van der Waals surface area contributed by atoms with Crippen LogP contribution in [0.4, 0.5) is 4.39 Å². The van der Waals surface area contributed by atoms with Crippen molar-refractivity contribution < 1.29 is 9.18 Å². The Kier molecular flexibility index (Phi) is 4.66. The van der Waals surface area contributed by atoms with Crippen molar-refractivity contribution >= 4 is 18.3 Å². The summed E-state index contributed by atoms with van der Waals surface area (Å²) in [6.45, 7) is 4.47. The second-order valence-electron chi connectivity index (χ2n) is 5.61. The summed E-state index contributed by atoms with van der Waals surface area (Å²) >= 11 is 0. The standard InChI is InChI=1S/C15H19FN2O.ClH/c1-10-2-3-12(16)8-13(10)15(19)18-7-5-14-11(9-18)4-6-17-14;/h2-3,8,11,14,17H,4-7,9H2,1H3;1H. The third kappa shape index (κ3) is 2.81. The molecule has 2 unspecified atom stereocenters. The maximum absolute atomic E-state index is 13.3. The summed E-state index contributed by atoms with van der Waals surface area (Å²) in [5.74, 6) is 0.195. The molecule has 2 saturated heterocycles. The quantitative estimate of drug-likeness (QED) is 0.863. The molecule has 2 heterocycles. The van der Waals surface area contributed by atoms with Crippen molar-refractivity contribution in [3.63, 3.8) is 0 Å². The first kappa shape index (κ1) is 15.3. The number of carbonyl (C=O) groups is 1. The van der Waals surface area contributed by atoms with Gasteiger partial charge in [-0.2, -0.15) is 0 Å². The fourth-order valence-electron chi connectivity index (χ4n) is 3.23. The molecule has 3 nitrogen and oxygen atoms in total. The zero-order valence-corrected chi connectivity index (χ0v) is 12.4. The van der Waals surface area contributed by atoms with Crippen molar-refractivity contribution in [1.82, 2.24) is 10.2 Å². The fraction of sp³-hybridized carbons (Fsp3) is 0.533. The average molecular weight is 299 g/mol. The number of carbonyl (C=O) groups excluding carboxylic acids is 1. The predicted molar refractivity (Wildman–Crippen MR) is 78.8 cm³/mol. The number of aryl methyl sites for hydroxylation is 1. The van der Waals surface area contributed by atoms with E-state index in [1.54, 1.807) is 6.07 Å². The van der Waals surface area contributed by atoms with Crippen molar-refractivity contribution in [2.75, 3.05) is 19.6 Å². The number of benzene rings is 1. The van der Waals surface area contributed by atoms with E-state index < -0.39 is 0 Å². The van der Waals surface area contributed by atoms with Gasteiger partial charge in [0.1, 0.15) is 5.82 Å². The molecule has 110 valence electrons. The Balaban J connectivity index is 0.00000147. The number of likely N-dealkylation sites (tertiary alicyclic amines) is 1. The molecule has 1 aromatic carbocycles. The number of piperidine rings is 1. The monoisotopic (exact) mass is 298 g/mol. The highest BCUT2D eigenvalue weighted by atomic mass is 35.5. The number of hydrogen-bond acceptors (Lipinski definition) is 2. The lowest BCUT2D eigenvalue weighted by atomic mass is 9.92. The zero-order valence-electron chi connectivity index (χ0n) is 11.6. The highest BCUT2D eigenvalue weighted by Crippen LogP contribution is 2.26. The van der Waals surface area contributed by atoms with E-state index >= 15 is 0 Å². The summed E-state index contributed by atoms with van der Waals surface area (Å²) < 4.78 is 13.3. The van der Waals surface area contributed by atoms with Gasteiger partial charge in [-0.25, -0.2) is 4.39 Å². The molecule has 20 heavy (non-hydrogen) atoms. The Bertz CT molecular complexity index is 509. The molecule has 5 heteroatoms. The van der Waals surface area contributed by atoms with Crippen LogP contribution in [0.3, 0.4) is 0 Å². The topological polar surface area (TPSA) is 32.3 Å². The van der Waals surface area contributed by atoms with Gasteiger partial charge in [0.15, 0.2) is 0 Å². The van der Waals surface area contributed by atoms with Crippen LogP contribution in [0.15, 0.2) is 18.2 Å². The van der Waals surface area contributed by atoms with Crippen LogP contribution in [-0.4, -0.2) is 36.5 Å². The minimum Gasteiger partial charge on any atom is -0.338 e. The summed E-state index contributed by atoms with van der Waals surface area (Å²) in [5, 5.41) is 3.48. The molecule has 2 aliphatic rings. The second kappa shape index (κ2) is 6.10. The SMILES string of the molecule is Cc1ccc(F)cc1C(=O)N1CCC2NCCC2C1.Cl. The number of rotatable bonds is 1. The maximum Gasteiger partial charge on any atom is 0.254 e. The number of nitrogens with zero attached hydrogens (tertiary/aromatic N) is 1. The highest BCUT2D eigenvalue weighted by Gasteiger charge is 2.34. The maximum atomic E-state index is 13.3. The number of hydrogen-bond donors (Lipinski definition) is 1. The van der Waals surface area contributed by atoms with Gasteiger partial charge in [0.25, 0.3) is 5.91 Å². The van der Waals surface area contributed by atoms with Crippen LogP contribution in [0.2, 0.25) is 0 Å². The van der Waals surface area contributed by atoms with Crippen molar-refractivity contribution in [3.8, 4) is 0 Å². The lowest BCUT2D eigenvalue weighted by Crippen LogP contribution is -2.47. The molecule has 1 aromatic rings. The number of fused-ring (bicyclic) bond motifs is 1. The molecular weight excluding hydrogens is 279 g/mol. The average Bonchev–Trinajstić information content (AvgIpc) is 2.88. The summed E-state index contributed by atoms with van der Waals surface area (Å²) in [5.41, 5.74) is 1.35. The lowest BCUT2D eigenvalue weighted by Gasteiger charge is -2.35. The molecule has 0 spiro atoms. The molecule has 1 amide bonds. The highest BCUT2D eigenvalue weighted by molar-refractivity contribution is 5.95. The first-order valence-electron chi connectivity index (χ1n) is 6.94. The Labute approximate surface area is 124 Å². The van der Waals surface area contributed by atoms with Crippen molar-refractivity contribution in [3.05, 3.63) is 35.1 Å². The first-order chi connectivity index (χ1) is 9.15. The molecule has 1 N–H and O–H groups in total. The molecule has 0 aliphatic carbocycles. The van der Waals surface area contributed by atoms with Gasteiger partial charge in [-0.15, -0.1) is 12.4 Å². The Morgan fingerprint density at radius 2 is 2.20 bits per heavy atom. The Morgan fingerprint density at radius 1 is 1.40 bits per heavy atom. The van der Waals surface area contributed by atoms with E-state index in [0.717, 1.165) is 38.0 Å². The minimum absolute atomic E-state index is 0. The Morgan fingerprint density at radius 3 is 3.00 bits per heavy atom. The van der Waals surface area contributed by atoms with Crippen molar-refractivity contribution in [1.29, 1.82) is 0 Å². The van der Waals surface area contributed by atoms with E-state index in [1.807, 2.05) is 11.8 Å². The van der Waals surface area contributed by atoms with Gasteiger partial charge in [-0.3, -0.25) is 4.79 Å². The largest absolute Gasteiger partial charge is 0.338 e. The number of halogens is 2. The normalized spacial score (nSPS) is 25.0. The first-order valence-corrected chi connectivity index (χ1v) is 6.94. The smallest absolute Gasteiger partial charge is 0.254 e. The molecule has 0 radical (unpaired) electrons. The second-order valence-corrected chi connectivity index (χ2v) is 5.61. The van der Waals surface area contributed by atoms with E-state index in [9.17, 15) is 9.18 Å².